The monoisotopic (exact) mass is 264 g/mol. The zero-order chi connectivity index (χ0) is 13.7. The molecule has 2 nitrogen and oxygen atoms in total. The number of halogens is 1. The van der Waals surface area contributed by atoms with Crippen molar-refractivity contribution in [2.45, 2.75) is 45.4 Å². The number of carbonyl (C=O) groups is 1. The van der Waals surface area contributed by atoms with E-state index < -0.39 is 5.41 Å². The lowest BCUT2D eigenvalue weighted by Crippen LogP contribution is -2.37. The molecule has 0 amide bonds. The van der Waals surface area contributed by atoms with Crippen molar-refractivity contribution in [1.29, 1.82) is 0 Å². The van der Waals surface area contributed by atoms with Crippen LogP contribution in [0.15, 0.2) is 24.3 Å². The molecule has 0 radical (unpaired) electrons. The van der Waals surface area contributed by atoms with Crippen LogP contribution in [-0.4, -0.2) is 12.6 Å². The van der Waals surface area contributed by atoms with Crippen LogP contribution in [0, 0.1) is 11.2 Å². The van der Waals surface area contributed by atoms with E-state index in [9.17, 15) is 9.18 Å². The molecule has 1 aromatic carbocycles. The standard InChI is InChI=1S/C16H21FO2/c1-2-19-15(18)16(10-4-3-5-11-16)12-13-6-8-14(17)9-7-13/h6-9H,2-5,10-12H2,1H3. The van der Waals surface area contributed by atoms with E-state index in [0.717, 1.165) is 31.2 Å². The zero-order valence-corrected chi connectivity index (χ0v) is 11.5. The molecule has 3 heteroatoms. The highest BCUT2D eigenvalue weighted by Crippen LogP contribution is 2.40. The lowest BCUT2D eigenvalue weighted by Gasteiger charge is -2.35. The fourth-order valence-corrected chi connectivity index (χ4v) is 2.96. The summed E-state index contributed by atoms with van der Waals surface area (Å²) in [5.41, 5.74) is 0.614. The second-order valence-corrected chi connectivity index (χ2v) is 5.36. The van der Waals surface area contributed by atoms with Crippen molar-refractivity contribution < 1.29 is 13.9 Å². The third-order valence-corrected chi connectivity index (χ3v) is 3.97. The Balaban J connectivity index is 2.17. The predicted octanol–water partition coefficient (Wildman–Crippen LogP) is 3.88. The summed E-state index contributed by atoms with van der Waals surface area (Å²) >= 11 is 0. The second-order valence-electron chi connectivity index (χ2n) is 5.36. The van der Waals surface area contributed by atoms with Crippen LogP contribution in [0.3, 0.4) is 0 Å². The molecule has 1 fully saturated rings. The van der Waals surface area contributed by atoms with Gasteiger partial charge in [0.15, 0.2) is 0 Å². The Kier molecular flexibility index (Phi) is 4.56. The molecule has 1 saturated carbocycles. The number of ether oxygens (including phenoxy) is 1. The fraction of sp³-hybridized carbons (Fsp3) is 0.562. The van der Waals surface area contributed by atoms with E-state index in [1.807, 2.05) is 6.92 Å². The van der Waals surface area contributed by atoms with E-state index >= 15 is 0 Å². The summed E-state index contributed by atoms with van der Waals surface area (Å²) in [4.78, 5) is 12.3. The maximum absolute atomic E-state index is 12.9. The molecule has 104 valence electrons. The summed E-state index contributed by atoms with van der Waals surface area (Å²) in [6, 6.07) is 6.45. The molecule has 0 unspecified atom stereocenters. The van der Waals surface area contributed by atoms with Crippen LogP contribution in [0.1, 0.15) is 44.6 Å². The van der Waals surface area contributed by atoms with Gasteiger partial charge < -0.3 is 4.74 Å². The van der Waals surface area contributed by atoms with Crippen LogP contribution in [0.4, 0.5) is 4.39 Å². The molecule has 19 heavy (non-hydrogen) atoms. The third kappa shape index (κ3) is 3.34. The van der Waals surface area contributed by atoms with Gasteiger partial charge in [-0.3, -0.25) is 4.79 Å². The molecular weight excluding hydrogens is 243 g/mol. The third-order valence-electron chi connectivity index (χ3n) is 3.97. The first-order valence-corrected chi connectivity index (χ1v) is 7.08. The number of benzene rings is 1. The lowest BCUT2D eigenvalue weighted by molar-refractivity contribution is -0.157. The largest absolute Gasteiger partial charge is 0.466 e. The highest BCUT2D eigenvalue weighted by Gasteiger charge is 2.40. The zero-order valence-electron chi connectivity index (χ0n) is 11.5. The summed E-state index contributed by atoms with van der Waals surface area (Å²) in [5.74, 6) is -0.323. The summed E-state index contributed by atoms with van der Waals surface area (Å²) < 4.78 is 18.2. The topological polar surface area (TPSA) is 26.3 Å². The average Bonchev–Trinajstić information content (AvgIpc) is 2.43. The summed E-state index contributed by atoms with van der Waals surface area (Å²) in [7, 11) is 0. The first-order chi connectivity index (χ1) is 9.16. The van der Waals surface area contributed by atoms with Crippen molar-refractivity contribution in [1.82, 2.24) is 0 Å². The van der Waals surface area contributed by atoms with Gasteiger partial charge in [0.2, 0.25) is 0 Å². The van der Waals surface area contributed by atoms with Crippen LogP contribution in [0.2, 0.25) is 0 Å². The highest BCUT2D eigenvalue weighted by atomic mass is 19.1. The SMILES string of the molecule is CCOC(=O)C1(Cc2ccc(F)cc2)CCCCC1. The quantitative estimate of drug-likeness (QED) is 0.771. The molecule has 0 atom stereocenters. The minimum atomic E-state index is -0.397. The fourth-order valence-electron chi connectivity index (χ4n) is 2.96. The van der Waals surface area contributed by atoms with E-state index in [4.69, 9.17) is 4.74 Å². The van der Waals surface area contributed by atoms with Crippen molar-refractivity contribution >= 4 is 5.97 Å². The minimum absolute atomic E-state index is 0.0842. The van der Waals surface area contributed by atoms with Gasteiger partial charge in [0, 0.05) is 0 Å². The maximum Gasteiger partial charge on any atom is 0.312 e. The van der Waals surface area contributed by atoms with Crippen LogP contribution in [0.25, 0.3) is 0 Å². The van der Waals surface area contributed by atoms with E-state index in [2.05, 4.69) is 0 Å². The molecule has 1 aliphatic rings. The molecule has 0 aliphatic heterocycles. The van der Waals surface area contributed by atoms with Gasteiger partial charge in [0.05, 0.1) is 12.0 Å². The Hall–Kier alpha value is -1.38. The van der Waals surface area contributed by atoms with Gasteiger partial charge in [-0.05, 0) is 43.9 Å². The Morgan fingerprint density at radius 2 is 1.84 bits per heavy atom. The number of hydrogen-bond acceptors (Lipinski definition) is 2. The van der Waals surface area contributed by atoms with E-state index in [1.165, 1.54) is 18.6 Å². The van der Waals surface area contributed by atoms with Crippen molar-refractivity contribution in [3.8, 4) is 0 Å². The van der Waals surface area contributed by atoms with Crippen molar-refractivity contribution in [3.63, 3.8) is 0 Å². The Labute approximate surface area is 114 Å². The van der Waals surface area contributed by atoms with E-state index in [1.54, 1.807) is 12.1 Å². The van der Waals surface area contributed by atoms with Crippen LogP contribution < -0.4 is 0 Å². The van der Waals surface area contributed by atoms with Gasteiger partial charge in [-0.2, -0.15) is 0 Å². The number of carbonyl (C=O) groups excluding carboxylic acids is 1. The molecule has 0 aromatic heterocycles. The number of esters is 1. The smallest absolute Gasteiger partial charge is 0.312 e. The van der Waals surface area contributed by atoms with Gasteiger partial charge in [-0.15, -0.1) is 0 Å². The highest BCUT2D eigenvalue weighted by molar-refractivity contribution is 5.77. The van der Waals surface area contributed by atoms with Gasteiger partial charge in [-0.25, -0.2) is 4.39 Å². The minimum Gasteiger partial charge on any atom is -0.466 e. The second kappa shape index (κ2) is 6.18. The van der Waals surface area contributed by atoms with Gasteiger partial charge in [0.25, 0.3) is 0 Å². The summed E-state index contributed by atoms with van der Waals surface area (Å²) in [6.45, 7) is 2.26. The molecule has 0 N–H and O–H groups in total. The van der Waals surface area contributed by atoms with Crippen molar-refractivity contribution in [3.05, 3.63) is 35.6 Å². The molecule has 0 heterocycles. The number of hydrogen-bond donors (Lipinski definition) is 0. The van der Waals surface area contributed by atoms with Crippen molar-refractivity contribution in [2.75, 3.05) is 6.61 Å². The molecule has 0 spiro atoms. The molecule has 2 rings (SSSR count). The first kappa shape index (κ1) is 14.0. The van der Waals surface area contributed by atoms with E-state index in [-0.39, 0.29) is 11.8 Å². The van der Waals surface area contributed by atoms with Crippen LogP contribution >= 0.6 is 0 Å². The van der Waals surface area contributed by atoms with Crippen molar-refractivity contribution in [2.24, 2.45) is 5.41 Å². The number of rotatable bonds is 4. The summed E-state index contributed by atoms with van der Waals surface area (Å²) in [5, 5.41) is 0. The van der Waals surface area contributed by atoms with Gasteiger partial charge >= 0.3 is 5.97 Å². The lowest BCUT2D eigenvalue weighted by atomic mass is 9.70. The first-order valence-electron chi connectivity index (χ1n) is 7.08. The van der Waals surface area contributed by atoms with Crippen LogP contribution in [0.5, 0.6) is 0 Å². The van der Waals surface area contributed by atoms with Gasteiger partial charge in [-0.1, -0.05) is 31.4 Å². The average molecular weight is 264 g/mol. The summed E-state index contributed by atoms with van der Waals surface area (Å²) in [6.07, 6.45) is 5.74. The van der Waals surface area contributed by atoms with Gasteiger partial charge in [0.1, 0.15) is 5.82 Å². The molecular formula is C16H21FO2. The molecule has 0 saturated heterocycles. The normalized spacial score (nSPS) is 18.0. The van der Waals surface area contributed by atoms with E-state index in [0.29, 0.717) is 13.0 Å². The Morgan fingerprint density at radius 1 is 1.21 bits per heavy atom. The Morgan fingerprint density at radius 3 is 2.42 bits per heavy atom. The molecule has 0 bridgehead atoms. The maximum atomic E-state index is 12.9. The van der Waals surface area contributed by atoms with Crippen LogP contribution in [-0.2, 0) is 16.0 Å². The predicted molar refractivity (Wildman–Crippen MR) is 72.3 cm³/mol. The molecule has 1 aromatic rings. The Bertz CT molecular complexity index is 419. The molecule has 1 aliphatic carbocycles.